The molecule has 2 rings (SSSR count). The maximum atomic E-state index is 13.0. The van der Waals surface area contributed by atoms with Crippen LogP contribution in [-0.2, 0) is 4.79 Å². The SMILES string of the molecule is CCCCC1(CC)CCC2(CCN(CCCN(C)C)C2)CC1=O. The molecule has 1 spiro atoms. The summed E-state index contributed by atoms with van der Waals surface area (Å²) in [4.78, 5) is 17.9. The van der Waals surface area contributed by atoms with Gasteiger partial charge in [-0.2, -0.15) is 0 Å². The van der Waals surface area contributed by atoms with Crippen molar-refractivity contribution in [1.29, 1.82) is 0 Å². The first-order valence-electron chi connectivity index (χ1n) is 9.86. The van der Waals surface area contributed by atoms with Crippen LogP contribution in [0.2, 0.25) is 0 Å². The number of Topliss-reactive ketones (excluding diaryl/α,β-unsaturated/α-hetero) is 1. The zero-order valence-corrected chi connectivity index (χ0v) is 16.0. The van der Waals surface area contributed by atoms with Gasteiger partial charge in [-0.3, -0.25) is 4.79 Å². The zero-order valence-electron chi connectivity index (χ0n) is 16.0. The van der Waals surface area contributed by atoms with Crippen LogP contribution in [0.3, 0.4) is 0 Å². The third-order valence-electron chi connectivity index (χ3n) is 6.54. The summed E-state index contributed by atoms with van der Waals surface area (Å²) < 4.78 is 0. The summed E-state index contributed by atoms with van der Waals surface area (Å²) >= 11 is 0. The Morgan fingerprint density at radius 1 is 1.13 bits per heavy atom. The summed E-state index contributed by atoms with van der Waals surface area (Å²) in [7, 11) is 4.29. The molecule has 2 atom stereocenters. The van der Waals surface area contributed by atoms with Gasteiger partial charge >= 0.3 is 0 Å². The molecule has 23 heavy (non-hydrogen) atoms. The number of carbonyl (C=O) groups excluding carboxylic acids is 1. The molecule has 1 aliphatic heterocycles. The van der Waals surface area contributed by atoms with Crippen molar-refractivity contribution in [2.75, 3.05) is 40.3 Å². The second-order valence-electron chi connectivity index (χ2n) is 8.52. The number of hydrogen-bond acceptors (Lipinski definition) is 3. The lowest BCUT2D eigenvalue weighted by Gasteiger charge is -2.43. The average Bonchev–Trinajstić information content (AvgIpc) is 2.90. The van der Waals surface area contributed by atoms with Gasteiger partial charge in [0.2, 0.25) is 0 Å². The molecule has 0 radical (unpaired) electrons. The number of hydrogen-bond donors (Lipinski definition) is 0. The minimum atomic E-state index is 0.0274. The summed E-state index contributed by atoms with van der Waals surface area (Å²) in [5, 5.41) is 0. The molecule has 1 saturated carbocycles. The van der Waals surface area contributed by atoms with E-state index in [1.807, 2.05) is 0 Å². The molecule has 0 aromatic rings. The second kappa shape index (κ2) is 8.11. The van der Waals surface area contributed by atoms with Crippen LogP contribution in [0, 0.1) is 10.8 Å². The van der Waals surface area contributed by atoms with Crippen LogP contribution < -0.4 is 0 Å². The minimum Gasteiger partial charge on any atom is -0.309 e. The fourth-order valence-corrected chi connectivity index (χ4v) is 4.77. The first-order valence-corrected chi connectivity index (χ1v) is 9.86. The van der Waals surface area contributed by atoms with Crippen molar-refractivity contribution in [3.63, 3.8) is 0 Å². The maximum absolute atomic E-state index is 13.0. The van der Waals surface area contributed by atoms with Gasteiger partial charge in [0.1, 0.15) is 5.78 Å². The van der Waals surface area contributed by atoms with Crippen LogP contribution >= 0.6 is 0 Å². The largest absolute Gasteiger partial charge is 0.309 e. The monoisotopic (exact) mass is 322 g/mol. The van der Waals surface area contributed by atoms with Gasteiger partial charge in [0, 0.05) is 18.4 Å². The number of unbranched alkanes of at least 4 members (excludes halogenated alkanes) is 1. The highest BCUT2D eigenvalue weighted by atomic mass is 16.1. The molecule has 0 bridgehead atoms. The van der Waals surface area contributed by atoms with Crippen molar-refractivity contribution in [3.8, 4) is 0 Å². The maximum Gasteiger partial charge on any atom is 0.139 e. The molecule has 3 nitrogen and oxygen atoms in total. The molecule has 1 saturated heterocycles. The molecule has 0 aromatic heterocycles. The van der Waals surface area contributed by atoms with E-state index in [0.29, 0.717) is 11.2 Å². The molecule has 134 valence electrons. The molecule has 0 N–H and O–H groups in total. The second-order valence-corrected chi connectivity index (χ2v) is 8.52. The normalized spacial score (nSPS) is 32.3. The van der Waals surface area contributed by atoms with E-state index in [1.165, 1.54) is 58.3 Å². The number of carbonyl (C=O) groups is 1. The quantitative estimate of drug-likeness (QED) is 0.675. The van der Waals surface area contributed by atoms with E-state index in [1.54, 1.807) is 0 Å². The lowest BCUT2D eigenvalue weighted by atomic mass is 9.60. The summed E-state index contributed by atoms with van der Waals surface area (Å²) in [5.74, 6) is 0.592. The average molecular weight is 323 g/mol. The Kier molecular flexibility index (Phi) is 6.67. The Balaban J connectivity index is 1.88. The van der Waals surface area contributed by atoms with Gasteiger partial charge < -0.3 is 9.80 Å². The van der Waals surface area contributed by atoms with Gasteiger partial charge in [-0.05, 0) is 77.7 Å². The predicted octanol–water partition coefficient (Wildman–Crippen LogP) is 3.97. The van der Waals surface area contributed by atoms with E-state index in [-0.39, 0.29) is 5.41 Å². The third-order valence-corrected chi connectivity index (χ3v) is 6.54. The Hall–Kier alpha value is -0.410. The predicted molar refractivity (Wildman–Crippen MR) is 97.8 cm³/mol. The molecule has 0 amide bonds. The first kappa shape index (κ1) is 18.9. The van der Waals surface area contributed by atoms with E-state index in [0.717, 1.165) is 25.7 Å². The molecule has 2 aliphatic rings. The molecule has 2 fully saturated rings. The van der Waals surface area contributed by atoms with Crippen LogP contribution in [0.1, 0.15) is 71.6 Å². The highest BCUT2D eigenvalue weighted by Crippen LogP contribution is 2.51. The fourth-order valence-electron chi connectivity index (χ4n) is 4.77. The Bertz CT molecular complexity index is 395. The molecule has 1 heterocycles. The Labute approximate surface area is 143 Å². The van der Waals surface area contributed by atoms with E-state index >= 15 is 0 Å². The van der Waals surface area contributed by atoms with Crippen LogP contribution in [-0.4, -0.2) is 55.9 Å². The van der Waals surface area contributed by atoms with E-state index in [9.17, 15) is 4.79 Å². The van der Waals surface area contributed by atoms with Crippen molar-refractivity contribution in [3.05, 3.63) is 0 Å². The first-order chi connectivity index (χ1) is 11.0. The topological polar surface area (TPSA) is 23.6 Å². The van der Waals surface area contributed by atoms with Crippen molar-refractivity contribution >= 4 is 5.78 Å². The van der Waals surface area contributed by atoms with Gasteiger partial charge in [-0.1, -0.05) is 26.7 Å². The molecule has 2 unspecified atom stereocenters. The minimum absolute atomic E-state index is 0.0274. The van der Waals surface area contributed by atoms with Crippen molar-refractivity contribution in [2.45, 2.75) is 71.6 Å². The van der Waals surface area contributed by atoms with Gasteiger partial charge in [0.05, 0.1) is 0 Å². The van der Waals surface area contributed by atoms with Crippen LogP contribution in [0.4, 0.5) is 0 Å². The standard InChI is InChI=1S/C20H38N2O/c1-5-7-9-20(6-2)11-10-19(16-18(20)23)12-15-22(17-19)14-8-13-21(3)4/h5-17H2,1-4H3. The summed E-state index contributed by atoms with van der Waals surface area (Å²) in [6, 6.07) is 0. The van der Waals surface area contributed by atoms with Gasteiger partial charge in [0.15, 0.2) is 0 Å². The van der Waals surface area contributed by atoms with Crippen LogP contribution in [0.5, 0.6) is 0 Å². The number of ketones is 1. The van der Waals surface area contributed by atoms with Gasteiger partial charge in [-0.25, -0.2) is 0 Å². The van der Waals surface area contributed by atoms with Gasteiger partial charge in [0.25, 0.3) is 0 Å². The molecular formula is C20H38N2O. The van der Waals surface area contributed by atoms with Crippen LogP contribution in [0.25, 0.3) is 0 Å². The summed E-state index contributed by atoms with van der Waals surface area (Å²) in [6.45, 7) is 9.20. The Morgan fingerprint density at radius 2 is 1.91 bits per heavy atom. The fraction of sp³-hybridized carbons (Fsp3) is 0.950. The molecule has 1 aliphatic carbocycles. The highest BCUT2D eigenvalue weighted by molar-refractivity contribution is 5.86. The zero-order chi connectivity index (χ0) is 16.9. The smallest absolute Gasteiger partial charge is 0.139 e. The van der Waals surface area contributed by atoms with E-state index in [2.05, 4.69) is 37.7 Å². The third kappa shape index (κ3) is 4.57. The van der Waals surface area contributed by atoms with Crippen molar-refractivity contribution < 1.29 is 4.79 Å². The number of nitrogens with zero attached hydrogens (tertiary/aromatic N) is 2. The summed E-state index contributed by atoms with van der Waals surface area (Å²) in [5.41, 5.74) is 0.347. The molecule has 0 aromatic carbocycles. The van der Waals surface area contributed by atoms with E-state index < -0.39 is 0 Å². The van der Waals surface area contributed by atoms with Gasteiger partial charge in [-0.15, -0.1) is 0 Å². The van der Waals surface area contributed by atoms with Crippen LogP contribution in [0.15, 0.2) is 0 Å². The van der Waals surface area contributed by atoms with Crippen molar-refractivity contribution in [2.24, 2.45) is 10.8 Å². The molecule has 3 heteroatoms. The number of rotatable bonds is 8. The van der Waals surface area contributed by atoms with Crippen molar-refractivity contribution in [1.82, 2.24) is 9.80 Å². The Morgan fingerprint density at radius 3 is 2.52 bits per heavy atom. The van der Waals surface area contributed by atoms with E-state index in [4.69, 9.17) is 0 Å². The summed E-state index contributed by atoms with van der Waals surface area (Å²) in [6.07, 6.45) is 10.4. The highest BCUT2D eigenvalue weighted by Gasteiger charge is 2.49. The molecular weight excluding hydrogens is 284 g/mol. The lowest BCUT2D eigenvalue weighted by molar-refractivity contribution is -0.136. The number of likely N-dealkylation sites (tertiary alicyclic amines) is 1. The lowest BCUT2D eigenvalue weighted by Crippen LogP contribution is -2.43.